The lowest BCUT2D eigenvalue weighted by atomic mass is 9.73. The van der Waals surface area contributed by atoms with Crippen molar-refractivity contribution in [2.45, 2.75) is 60.5 Å². The number of hydrogen-bond acceptors (Lipinski definition) is 8. The Bertz CT molecular complexity index is 1710. The number of piperidine rings is 1. The van der Waals surface area contributed by atoms with Crippen molar-refractivity contribution >= 4 is 51.8 Å². The van der Waals surface area contributed by atoms with Gasteiger partial charge in [-0.3, -0.25) is 9.38 Å². The molecule has 1 spiro atoms. The van der Waals surface area contributed by atoms with E-state index in [-0.39, 0.29) is 11.5 Å². The second-order valence-electron chi connectivity index (χ2n) is 10.6. The summed E-state index contributed by atoms with van der Waals surface area (Å²) in [6.07, 6.45) is 7.16. The Morgan fingerprint density at radius 1 is 1.18 bits per heavy atom. The fourth-order valence-electron chi connectivity index (χ4n) is 4.94. The van der Waals surface area contributed by atoms with Crippen LogP contribution < -0.4 is 15.4 Å². The van der Waals surface area contributed by atoms with E-state index in [1.807, 2.05) is 31.4 Å². The number of pyridine rings is 2. The first-order valence-electron chi connectivity index (χ1n) is 14.1. The standard InChI is InChI=1S/C27H31ClN8OS2/c1-26(2,3)39(37)34-22-17-5-4-9-30-18(17)15-27(22)7-12-35(13-8-27)25-33-16-20(24-32-11-14-36(24)25)38-19-6-10-31-23(29)21(19)28/h4-6,9-11,14,16,22,34H,7-8,12-13,15H2,1-3H3,(H2,29,31)/t22-,39?/m1/s1/i15D2,22D. The molecular formula is C27H31ClN8OS2. The highest BCUT2D eigenvalue weighted by atomic mass is 35.5. The van der Waals surface area contributed by atoms with Crippen LogP contribution in [0.3, 0.4) is 0 Å². The van der Waals surface area contributed by atoms with Gasteiger partial charge >= 0.3 is 0 Å². The Balaban J connectivity index is 1.33. The number of nitrogens with one attached hydrogen (secondary N) is 1. The second-order valence-corrected chi connectivity index (χ2v) is 14.0. The molecular weight excluding hydrogens is 552 g/mol. The molecule has 1 aliphatic carbocycles. The molecule has 9 nitrogen and oxygen atoms in total. The summed E-state index contributed by atoms with van der Waals surface area (Å²) in [4.78, 5) is 21.4. The molecule has 0 amide bonds. The molecule has 0 aromatic carbocycles. The smallest absolute Gasteiger partial charge is 0.211 e. The largest absolute Gasteiger partial charge is 0.382 e. The van der Waals surface area contributed by atoms with Crippen LogP contribution in [-0.4, -0.2) is 46.4 Å². The van der Waals surface area contributed by atoms with Gasteiger partial charge in [0.05, 0.1) is 33.0 Å². The van der Waals surface area contributed by atoms with Gasteiger partial charge in [0.25, 0.3) is 0 Å². The third-order valence-electron chi connectivity index (χ3n) is 7.04. The van der Waals surface area contributed by atoms with E-state index in [1.54, 1.807) is 43.0 Å². The topological polar surface area (TPSA) is 114 Å². The van der Waals surface area contributed by atoms with Crippen molar-refractivity contribution in [2.24, 2.45) is 5.41 Å². The number of nitrogens with two attached hydrogens (primary N) is 1. The predicted octanol–water partition coefficient (Wildman–Crippen LogP) is 4.84. The summed E-state index contributed by atoms with van der Waals surface area (Å²) < 4.78 is 46.0. The summed E-state index contributed by atoms with van der Waals surface area (Å²) in [7, 11) is -1.61. The molecule has 1 saturated heterocycles. The van der Waals surface area contributed by atoms with E-state index in [4.69, 9.17) is 22.3 Å². The van der Waals surface area contributed by atoms with E-state index in [0.717, 1.165) is 9.79 Å². The van der Waals surface area contributed by atoms with Crippen molar-refractivity contribution in [1.82, 2.24) is 29.1 Å². The zero-order valence-corrected chi connectivity index (χ0v) is 24.2. The maximum Gasteiger partial charge on any atom is 0.211 e. The first kappa shape index (κ1) is 23.0. The van der Waals surface area contributed by atoms with Crippen LogP contribution in [0.1, 0.15) is 55.0 Å². The normalized spacial score (nSPS) is 23.8. The highest BCUT2D eigenvalue weighted by molar-refractivity contribution is 7.99. The molecule has 3 N–H and O–H groups in total. The van der Waals surface area contributed by atoms with E-state index in [0.29, 0.717) is 48.1 Å². The van der Waals surface area contributed by atoms with Gasteiger partial charge in [-0.15, -0.1) is 0 Å². The van der Waals surface area contributed by atoms with Gasteiger partial charge in [-0.1, -0.05) is 29.4 Å². The molecule has 1 unspecified atom stereocenters. The summed E-state index contributed by atoms with van der Waals surface area (Å²) >= 11 is 7.78. The Morgan fingerprint density at radius 2 is 1.97 bits per heavy atom. The first-order chi connectivity index (χ1) is 19.8. The lowest BCUT2D eigenvalue weighted by Gasteiger charge is -2.44. The second kappa shape index (κ2) is 10.0. The van der Waals surface area contributed by atoms with Crippen molar-refractivity contribution in [3.8, 4) is 0 Å². The zero-order chi connectivity index (χ0) is 30.1. The number of halogens is 1. The highest BCUT2D eigenvalue weighted by Gasteiger charge is 2.49. The third-order valence-corrected chi connectivity index (χ3v) is 10.1. The van der Waals surface area contributed by atoms with Gasteiger partial charge < -0.3 is 10.6 Å². The average Bonchev–Trinajstić information content (AvgIpc) is 3.49. The minimum absolute atomic E-state index is 0.235. The van der Waals surface area contributed by atoms with Crippen LogP contribution >= 0.6 is 23.4 Å². The summed E-state index contributed by atoms with van der Waals surface area (Å²) in [6, 6.07) is 3.59. The average molecular weight is 586 g/mol. The van der Waals surface area contributed by atoms with Crippen LogP contribution in [-0.2, 0) is 17.4 Å². The molecule has 5 heterocycles. The molecule has 6 rings (SSSR count). The van der Waals surface area contributed by atoms with Crippen molar-refractivity contribution in [3.05, 3.63) is 65.5 Å². The minimum atomic E-state index is -1.92. The summed E-state index contributed by atoms with van der Waals surface area (Å²) in [5.41, 5.74) is 6.04. The van der Waals surface area contributed by atoms with Crippen molar-refractivity contribution in [3.63, 3.8) is 0 Å². The highest BCUT2D eigenvalue weighted by Crippen LogP contribution is 2.52. The van der Waals surface area contributed by atoms with Crippen molar-refractivity contribution in [1.29, 1.82) is 0 Å². The summed E-state index contributed by atoms with van der Waals surface area (Å²) in [5, 5.41) is 0.374. The van der Waals surface area contributed by atoms with Crippen molar-refractivity contribution < 1.29 is 8.32 Å². The molecule has 1 aliphatic heterocycles. The van der Waals surface area contributed by atoms with E-state index >= 15 is 0 Å². The molecule has 4 aromatic heterocycles. The summed E-state index contributed by atoms with van der Waals surface area (Å²) in [5.74, 6) is 0.918. The van der Waals surface area contributed by atoms with E-state index in [2.05, 4.69) is 24.6 Å². The van der Waals surface area contributed by atoms with Crippen LogP contribution in [0.5, 0.6) is 0 Å². The van der Waals surface area contributed by atoms with Crippen LogP contribution in [0.2, 0.25) is 5.02 Å². The summed E-state index contributed by atoms with van der Waals surface area (Å²) in [6.45, 7) is 6.37. The minimum Gasteiger partial charge on any atom is -0.382 e. The number of hydrogen-bond donors (Lipinski definition) is 2. The number of anilines is 2. The maximum absolute atomic E-state index is 13.4. The molecule has 0 saturated carbocycles. The maximum atomic E-state index is 13.4. The SMILES string of the molecule is [2H]C1([2H])c2ncccc2[C@@]([2H])(NS(=O)C(C)(C)C)C12CCN(c1ncc(Sc3ccnc(N)c3Cl)c3nccn13)CC2. The van der Waals surface area contributed by atoms with E-state index < -0.39 is 33.5 Å². The van der Waals surface area contributed by atoms with E-state index in [1.165, 1.54) is 11.8 Å². The molecule has 204 valence electrons. The van der Waals surface area contributed by atoms with Crippen LogP contribution in [0, 0.1) is 5.41 Å². The van der Waals surface area contributed by atoms with Gasteiger partial charge in [-0.2, -0.15) is 0 Å². The molecule has 0 bridgehead atoms. The lowest BCUT2D eigenvalue weighted by Crippen LogP contribution is -2.48. The third kappa shape index (κ3) is 4.79. The van der Waals surface area contributed by atoms with E-state index in [9.17, 15) is 8.32 Å². The van der Waals surface area contributed by atoms with Gasteiger partial charge in [-0.05, 0) is 63.1 Å². The number of imidazole rings is 1. The Kier molecular flexibility index (Phi) is 5.92. The molecule has 39 heavy (non-hydrogen) atoms. The number of nitrogen functional groups attached to an aromatic ring is 1. The molecule has 1 fully saturated rings. The Hall–Kier alpha value is -2.73. The molecule has 12 heteroatoms. The lowest BCUT2D eigenvalue weighted by molar-refractivity contribution is 0.176. The van der Waals surface area contributed by atoms with Crippen LogP contribution in [0.15, 0.2) is 59.0 Å². The fourth-order valence-corrected chi connectivity index (χ4v) is 6.88. The quantitative estimate of drug-likeness (QED) is 0.342. The van der Waals surface area contributed by atoms with Gasteiger partial charge in [0.15, 0.2) is 5.65 Å². The number of aromatic nitrogens is 5. The molecule has 4 aromatic rings. The molecule has 2 aliphatic rings. The van der Waals surface area contributed by atoms with Crippen LogP contribution in [0.4, 0.5) is 11.8 Å². The van der Waals surface area contributed by atoms with Crippen LogP contribution in [0.25, 0.3) is 5.65 Å². The van der Waals surface area contributed by atoms with Gasteiger partial charge in [0, 0.05) is 57.4 Å². The van der Waals surface area contributed by atoms with Crippen molar-refractivity contribution in [2.75, 3.05) is 23.7 Å². The monoisotopic (exact) mass is 585 g/mol. The van der Waals surface area contributed by atoms with Gasteiger partial charge in [-0.25, -0.2) is 23.9 Å². The number of fused-ring (bicyclic) bond motifs is 2. The van der Waals surface area contributed by atoms with Gasteiger partial charge in [0.2, 0.25) is 5.95 Å². The predicted molar refractivity (Wildman–Crippen MR) is 156 cm³/mol. The zero-order valence-electron chi connectivity index (χ0n) is 24.8. The molecule has 0 radical (unpaired) electrons. The first-order valence-corrected chi connectivity index (χ1v) is 15.0. The van der Waals surface area contributed by atoms with Gasteiger partial charge in [0.1, 0.15) is 5.82 Å². The Morgan fingerprint density at radius 3 is 2.74 bits per heavy atom. The molecule has 2 atom stereocenters. The number of rotatable bonds is 5. The number of nitrogens with zero attached hydrogens (tertiary/aromatic N) is 6. The fraction of sp³-hybridized carbons (Fsp3) is 0.407. The Labute approximate surface area is 243 Å².